The van der Waals surface area contributed by atoms with Crippen molar-refractivity contribution in [2.24, 2.45) is 23.3 Å². The summed E-state index contributed by atoms with van der Waals surface area (Å²) in [6, 6.07) is 12.0. The van der Waals surface area contributed by atoms with Gasteiger partial charge in [-0.05, 0) is 40.2 Å². The molecule has 0 aliphatic heterocycles. The van der Waals surface area contributed by atoms with Crippen LogP contribution < -0.4 is 11.5 Å². The molecule has 0 unspecified atom stereocenters. The lowest BCUT2D eigenvalue weighted by Gasteiger charge is -2.04. The average Bonchev–Trinajstić information content (AvgIpc) is 2.40. The highest BCUT2D eigenvalue weighted by atomic mass is 14.8. The quantitative estimate of drug-likeness (QED) is 0.768. The van der Waals surface area contributed by atoms with Crippen molar-refractivity contribution in [1.29, 1.82) is 10.5 Å². The summed E-state index contributed by atoms with van der Waals surface area (Å²) in [7, 11) is 0. The van der Waals surface area contributed by atoms with E-state index in [2.05, 4.69) is 0 Å². The van der Waals surface area contributed by atoms with Gasteiger partial charge in [-0.25, -0.2) is 0 Å². The van der Waals surface area contributed by atoms with Gasteiger partial charge in [-0.3, -0.25) is 0 Å². The second-order valence-electron chi connectivity index (χ2n) is 5.01. The summed E-state index contributed by atoms with van der Waals surface area (Å²) in [5, 5.41) is 15.8. The molecule has 0 bridgehead atoms. The Balaban J connectivity index is 0. The molecule has 0 aliphatic carbocycles. The fourth-order valence-electron chi connectivity index (χ4n) is 0.877. The third-order valence-electron chi connectivity index (χ3n) is 1.94. The van der Waals surface area contributed by atoms with E-state index >= 15 is 0 Å². The number of hydrogen-bond acceptors (Lipinski definition) is 4. The number of hydrogen-bond donors (Lipinski definition) is 2. The molecule has 0 radical (unpaired) electrons. The maximum Gasteiger partial charge on any atom is 0.0784 e. The molecule has 1 aromatic rings. The smallest absolute Gasteiger partial charge is 0.0784 e. The molecule has 0 saturated carbocycles. The molecule has 4 nitrogen and oxygen atoms in total. The van der Waals surface area contributed by atoms with E-state index in [-0.39, 0.29) is 18.0 Å². The highest BCUT2D eigenvalue weighted by Crippen LogP contribution is 2.06. The minimum Gasteiger partial charge on any atom is -0.312 e. The molecule has 0 aromatic heterocycles. The lowest BCUT2D eigenvalue weighted by Crippen LogP contribution is -2.19. The molecule has 1 rings (SSSR count). The van der Waals surface area contributed by atoms with Gasteiger partial charge in [0, 0.05) is 11.8 Å². The largest absolute Gasteiger partial charge is 0.312 e. The van der Waals surface area contributed by atoms with Crippen molar-refractivity contribution in [3.05, 3.63) is 35.4 Å². The van der Waals surface area contributed by atoms with Crippen LogP contribution in [0.5, 0.6) is 0 Å². The van der Waals surface area contributed by atoms with E-state index in [0.29, 0.717) is 0 Å². The molecule has 0 fully saturated rings. The Bertz CT molecular complexity index is 419. The molecular weight excluding hydrogens is 248 g/mol. The number of benzene rings is 1. The van der Waals surface area contributed by atoms with Crippen LogP contribution in [-0.4, -0.2) is 0 Å². The molecule has 0 aliphatic rings. The van der Waals surface area contributed by atoms with Crippen LogP contribution in [0.2, 0.25) is 0 Å². The van der Waals surface area contributed by atoms with Crippen molar-refractivity contribution >= 4 is 0 Å². The fourth-order valence-corrected chi connectivity index (χ4v) is 0.877. The van der Waals surface area contributed by atoms with Gasteiger partial charge in [0.15, 0.2) is 0 Å². The van der Waals surface area contributed by atoms with Crippen LogP contribution in [0.4, 0.5) is 0 Å². The number of aryl methyl sites for hydroxylation is 1. The zero-order valence-electron chi connectivity index (χ0n) is 13.1. The Kier molecular flexibility index (Phi) is 12.4. The highest BCUT2D eigenvalue weighted by Gasteiger charge is 1.96. The standard InChI is InChI=1S/C8H12N2.2C4H7N/c1-6-3-2-4-7(5-6)8(9)10;2*1-4(2)3-5/h2-5,8H,9-10H2,1H3;2*4H,1-2H3. The maximum absolute atomic E-state index is 7.89. The van der Waals surface area contributed by atoms with E-state index in [4.69, 9.17) is 22.0 Å². The van der Waals surface area contributed by atoms with Crippen molar-refractivity contribution in [3.8, 4) is 12.1 Å². The molecule has 0 heterocycles. The van der Waals surface area contributed by atoms with Gasteiger partial charge in [-0.15, -0.1) is 0 Å². The molecular formula is C16H26N4. The monoisotopic (exact) mass is 274 g/mol. The van der Waals surface area contributed by atoms with Gasteiger partial charge in [0.1, 0.15) is 0 Å². The van der Waals surface area contributed by atoms with Crippen LogP contribution in [0, 0.1) is 41.4 Å². The van der Waals surface area contributed by atoms with Crippen LogP contribution >= 0.6 is 0 Å². The Labute approximate surface area is 123 Å². The van der Waals surface area contributed by atoms with Crippen LogP contribution in [0.15, 0.2) is 24.3 Å². The zero-order valence-corrected chi connectivity index (χ0v) is 13.1. The summed E-state index contributed by atoms with van der Waals surface area (Å²) in [5.41, 5.74) is 13.1. The van der Waals surface area contributed by atoms with Gasteiger partial charge >= 0.3 is 0 Å². The summed E-state index contributed by atoms with van der Waals surface area (Å²) in [6.45, 7) is 9.46. The lowest BCUT2D eigenvalue weighted by molar-refractivity contribution is 0.773. The van der Waals surface area contributed by atoms with E-state index < -0.39 is 0 Å². The summed E-state index contributed by atoms with van der Waals surface area (Å²) in [5.74, 6) is 0.380. The summed E-state index contributed by atoms with van der Waals surface area (Å²) in [6.07, 6.45) is -0.347. The summed E-state index contributed by atoms with van der Waals surface area (Å²) in [4.78, 5) is 0. The van der Waals surface area contributed by atoms with Crippen molar-refractivity contribution in [2.45, 2.75) is 40.8 Å². The first-order valence-corrected chi connectivity index (χ1v) is 6.61. The Morgan fingerprint density at radius 2 is 1.35 bits per heavy atom. The normalized spacial score (nSPS) is 9.00. The Morgan fingerprint density at radius 3 is 1.55 bits per heavy atom. The van der Waals surface area contributed by atoms with Crippen molar-refractivity contribution < 1.29 is 0 Å². The third kappa shape index (κ3) is 14.2. The molecule has 0 atom stereocenters. The van der Waals surface area contributed by atoms with Crippen molar-refractivity contribution in [3.63, 3.8) is 0 Å². The minimum absolute atomic E-state index is 0.190. The average molecular weight is 274 g/mol. The number of nitrogens with zero attached hydrogens (tertiary/aromatic N) is 2. The number of nitriles is 2. The van der Waals surface area contributed by atoms with E-state index in [1.54, 1.807) is 0 Å². The van der Waals surface area contributed by atoms with E-state index in [9.17, 15) is 0 Å². The van der Waals surface area contributed by atoms with E-state index in [0.717, 1.165) is 5.56 Å². The fraction of sp³-hybridized carbons (Fsp3) is 0.500. The van der Waals surface area contributed by atoms with Crippen molar-refractivity contribution in [2.75, 3.05) is 0 Å². The first kappa shape index (κ1) is 20.4. The molecule has 110 valence electrons. The van der Waals surface area contributed by atoms with Crippen molar-refractivity contribution in [1.82, 2.24) is 0 Å². The number of rotatable bonds is 1. The third-order valence-corrected chi connectivity index (χ3v) is 1.94. The second kappa shape index (κ2) is 12.2. The molecule has 0 amide bonds. The Morgan fingerprint density at radius 1 is 0.950 bits per heavy atom. The van der Waals surface area contributed by atoms with Crippen LogP contribution in [0.1, 0.15) is 45.0 Å². The molecule has 0 saturated heterocycles. The second-order valence-corrected chi connectivity index (χ2v) is 5.01. The van der Waals surface area contributed by atoms with Gasteiger partial charge < -0.3 is 11.5 Å². The highest BCUT2D eigenvalue weighted by molar-refractivity contribution is 5.23. The van der Waals surface area contributed by atoms with Gasteiger partial charge in [0.25, 0.3) is 0 Å². The van der Waals surface area contributed by atoms with E-state index in [1.165, 1.54) is 5.56 Å². The molecule has 4 N–H and O–H groups in total. The molecule has 1 aromatic carbocycles. The maximum atomic E-state index is 7.89. The van der Waals surface area contributed by atoms with E-state index in [1.807, 2.05) is 71.0 Å². The predicted molar refractivity (Wildman–Crippen MR) is 83.2 cm³/mol. The molecule has 0 spiro atoms. The SMILES string of the molecule is CC(C)C#N.CC(C)C#N.Cc1cccc(C(N)N)c1. The Hall–Kier alpha value is -1.88. The van der Waals surface area contributed by atoms with Gasteiger partial charge in [0.2, 0.25) is 0 Å². The van der Waals surface area contributed by atoms with Gasteiger partial charge in [0.05, 0.1) is 18.3 Å². The molecule has 4 heteroatoms. The minimum atomic E-state index is -0.347. The number of nitrogens with two attached hydrogens (primary N) is 2. The molecule has 20 heavy (non-hydrogen) atoms. The van der Waals surface area contributed by atoms with Gasteiger partial charge in [-0.1, -0.05) is 29.8 Å². The topological polar surface area (TPSA) is 99.6 Å². The van der Waals surface area contributed by atoms with Crippen LogP contribution in [-0.2, 0) is 0 Å². The van der Waals surface area contributed by atoms with Crippen LogP contribution in [0.3, 0.4) is 0 Å². The zero-order chi connectivity index (χ0) is 16.1. The lowest BCUT2D eigenvalue weighted by atomic mass is 10.1. The predicted octanol–water partition coefficient (Wildman–Crippen LogP) is 3.24. The van der Waals surface area contributed by atoms with Gasteiger partial charge in [-0.2, -0.15) is 10.5 Å². The first-order valence-electron chi connectivity index (χ1n) is 6.61. The summed E-state index contributed by atoms with van der Waals surface area (Å²) >= 11 is 0. The van der Waals surface area contributed by atoms with Crippen LogP contribution in [0.25, 0.3) is 0 Å². The summed E-state index contributed by atoms with van der Waals surface area (Å²) < 4.78 is 0. The first-order chi connectivity index (χ1) is 9.24.